The summed E-state index contributed by atoms with van der Waals surface area (Å²) in [6.45, 7) is 0. The standard InChI is InChI=1S/C15H11Cl2IN2O2/c1-22-14-6-5-9(7-13(14)18)15(21)20-19-8-10-11(16)3-2-4-12(10)17/h2-8H,1H3,(H,20,21)/b19-8-. The maximum Gasteiger partial charge on any atom is 0.271 e. The van der Waals surface area contributed by atoms with E-state index in [0.29, 0.717) is 26.9 Å². The van der Waals surface area contributed by atoms with Crippen molar-refractivity contribution in [2.75, 3.05) is 7.11 Å². The summed E-state index contributed by atoms with van der Waals surface area (Å²) in [7, 11) is 1.58. The van der Waals surface area contributed by atoms with E-state index in [-0.39, 0.29) is 5.91 Å². The zero-order valence-electron chi connectivity index (χ0n) is 11.4. The van der Waals surface area contributed by atoms with E-state index in [1.807, 2.05) is 0 Å². The van der Waals surface area contributed by atoms with E-state index in [1.54, 1.807) is 43.5 Å². The molecule has 22 heavy (non-hydrogen) atoms. The summed E-state index contributed by atoms with van der Waals surface area (Å²) >= 11 is 14.1. The molecule has 114 valence electrons. The maximum atomic E-state index is 12.0. The highest BCUT2D eigenvalue weighted by Crippen LogP contribution is 2.22. The molecule has 0 saturated heterocycles. The fraction of sp³-hybridized carbons (Fsp3) is 0.0667. The van der Waals surface area contributed by atoms with Crippen molar-refractivity contribution in [3.05, 3.63) is 61.1 Å². The van der Waals surface area contributed by atoms with Crippen LogP contribution in [-0.2, 0) is 0 Å². The molecular formula is C15H11Cl2IN2O2. The summed E-state index contributed by atoms with van der Waals surface area (Å²) in [6, 6.07) is 10.2. The number of hydrogen-bond acceptors (Lipinski definition) is 3. The maximum absolute atomic E-state index is 12.0. The lowest BCUT2D eigenvalue weighted by Gasteiger charge is -2.05. The van der Waals surface area contributed by atoms with Gasteiger partial charge in [0.25, 0.3) is 5.91 Å². The molecule has 2 rings (SSSR count). The minimum atomic E-state index is -0.333. The lowest BCUT2D eigenvalue weighted by atomic mass is 10.2. The first-order chi connectivity index (χ1) is 10.5. The van der Waals surface area contributed by atoms with Crippen LogP contribution < -0.4 is 10.2 Å². The third-order valence-electron chi connectivity index (χ3n) is 2.77. The number of amides is 1. The smallest absolute Gasteiger partial charge is 0.271 e. The Labute approximate surface area is 151 Å². The van der Waals surface area contributed by atoms with Gasteiger partial charge in [0.2, 0.25) is 0 Å². The van der Waals surface area contributed by atoms with Gasteiger partial charge < -0.3 is 4.74 Å². The van der Waals surface area contributed by atoms with Crippen LogP contribution in [0.25, 0.3) is 0 Å². The number of methoxy groups -OCH3 is 1. The van der Waals surface area contributed by atoms with Crippen LogP contribution in [0.5, 0.6) is 5.75 Å². The number of nitrogens with one attached hydrogen (secondary N) is 1. The van der Waals surface area contributed by atoms with Gasteiger partial charge in [0, 0.05) is 11.1 Å². The Hall–Kier alpha value is -1.31. The van der Waals surface area contributed by atoms with Gasteiger partial charge in [-0.2, -0.15) is 5.10 Å². The Bertz CT molecular complexity index is 715. The summed E-state index contributed by atoms with van der Waals surface area (Å²) in [5.74, 6) is 0.378. The Morgan fingerprint density at radius 3 is 2.55 bits per heavy atom. The van der Waals surface area contributed by atoms with Crippen LogP contribution in [0.15, 0.2) is 41.5 Å². The summed E-state index contributed by atoms with van der Waals surface area (Å²) < 4.78 is 5.99. The molecule has 1 N–H and O–H groups in total. The lowest BCUT2D eigenvalue weighted by Crippen LogP contribution is -2.17. The fourth-order valence-corrected chi connectivity index (χ4v) is 2.89. The molecule has 0 aliphatic rings. The summed E-state index contributed by atoms with van der Waals surface area (Å²) in [6.07, 6.45) is 1.41. The van der Waals surface area contributed by atoms with E-state index in [1.165, 1.54) is 6.21 Å². The monoisotopic (exact) mass is 448 g/mol. The molecule has 0 aliphatic carbocycles. The molecular weight excluding hydrogens is 438 g/mol. The summed E-state index contributed by atoms with van der Waals surface area (Å²) in [5, 5.41) is 4.81. The van der Waals surface area contributed by atoms with Crippen molar-refractivity contribution in [1.82, 2.24) is 5.43 Å². The highest BCUT2D eigenvalue weighted by Gasteiger charge is 2.08. The third kappa shape index (κ3) is 4.12. The van der Waals surface area contributed by atoms with Gasteiger partial charge in [-0.05, 0) is 52.9 Å². The van der Waals surface area contributed by atoms with E-state index >= 15 is 0 Å². The van der Waals surface area contributed by atoms with Crippen LogP contribution in [-0.4, -0.2) is 19.2 Å². The Balaban J connectivity index is 2.10. The molecule has 0 atom stereocenters. The van der Waals surface area contributed by atoms with Crippen LogP contribution in [0.1, 0.15) is 15.9 Å². The number of hydrazone groups is 1. The third-order valence-corrected chi connectivity index (χ3v) is 4.28. The van der Waals surface area contributed by atoms with Gasteiger partial charge in [-0.3, -0.25) is 4.79 Å². The first kappa shape index (κ1) is 17.1. The number of ether oxygens (including phenoxy) is 1. The molecule has 0 radical (unpaired) electrons. The number of hydrogen-bond donors (Lipinski definition) is 1. The van der Waals surface area contributed by atoms with Crippen molar-refractivity contribution >= 4 is 57.9 Å². The zero-order chi connectivity index (χ0) is 16.1. The first-order valence-electron chi connectivity index (χ1n) is 6.14. The zero-order valence-corrected chi connectivity index (χ0v) is 15.1. The van der Waals surface area contributed by atoms with Crippen molar-refractivity contribution in [3.8, 4) is 5.75 Å². The van der Waals surface area contributed by atoms with Crippen molar-refractivity contribution < 1.29 is 9.53 Å². The summed E-state index contributed by atoms with van der Waals surface area (Å²) in [4.78, 5) is 12.0. The van der Waals surface area contributed by atoms with E-state index in [0.717, 1.165) is 3.57 Å². The van der Waals surface area contributed by atoms with Gasteiger partial charge in [-0.1, -0.05) is 29.3 Å². The number of nitrogens with zero attached hydrogens (tertiary/aromatic N) is 1. The lowest BCUT2D eigenvalue weighted by molar-refractivity contribution is 0.0955. The Morgan fingerprint density at radius 1 is 1.27 bits per heavy atom. The minimum Gasteiger partial charge on any atom is -0.496 e. The number of rotatable bonds is 4. The molecule has 4 nitrogen and oxygen atoms in total. The predicted molar refractivity (Wildman–Crippen MR) is 97.2 cm³/mol. The topological polar surface area (TPSA) is 50.7 Å². The van der Waals surface area contributed by atoms with E-state index < -0.39 is 0 Å². The van der Waals surface area contributed by atoms with Crippen molar-refractivity contribution in [2.45, 2.75) is 0 Å². The van der Waals surface area contributed by atoms with Gasteiger partial charge in [0.05, 0.1) is 26.9 Å². The fourth-order valence-electron chi connectivity index (χ4n) is 1.66. The van der Waals surface area contributed by atoms with E-state index in [9.17, 15) is 4.79 Å². The molecule has 0 saturated carbocycles. The molecule has 0 aliphatic heterocycles. The van der Waals surface area contributed by atoms with E-state index in [2.05, 4.69) is 33.1 Å². The average molecular weight is 449 g/mol. The van der Waals surface area contributed by atoms with Gasteiger partial charge in [0.15, 0.2) is 0 Å². The van der Waals surface area contributed by atoms with Crippen LogP contribution >= 0.6 is 45.8 Å². The Morgan fingerprint density at radius 2 is 1.95 bits per heavy atom. The van der Waals surface area contributed by atoms with Crippen molar-refractivity contribution in [2.24, 2.45) is 5.10 Å². The largest absolute Gasteiger partial charge is 0.496 e. The summed E-state index contributed by atoms with van der Waals surface area (Å²) in [5.41, 5.74) is 3.47. The Kier molecular flexibility index (Phi) is 6.05. The second kappa shape index (κ2) is 7.80. The molecule has 0 heterocycles. The molecule has 0 spiro atoms. The van der Waals surface area contributed by atoms with Crippen LogP contribution in [0.4, 0.5) is 0 Å². The number of carbonyl (C=O) groups excluding carboxylic acids is 1. The van der Waals surface area contributed by atoms with Crippen LogP contribution in [0.3, 0.4) is 0 Å². The normalized spacial score (nSPS) is 10.7. The second-order valence-electron chi connectivity index (χ2n) is 4.18. The molecule has 2 aromatic carbocycles. The molecule has 0 fully saturated rings. The molecule has 0 aromatic heterocycles. The quantitative estimate of drug-likeness (QED) is 0.429. The van der Waals surface area contributed by atoms with Gasteiger partial charge in [0.1, 0.15) is 5.75 Å². The SMILES string of the molecule is COc1ccc(C(=O)N/N=C\c2c(Cl)cccc2Cl)cc1I. The molecule has 2 aromatic rings. The van der Waals surface area contributed by atoms with Crippen molar-refractivity contribution in [3.63, 3.8) is 0 Å². The average Bonchev–Trinajstić information content (AvgIpc) is 2.50. The van der Waals surface area contributed by atoms with Gasteiger partial charge >= 0.3 is 0 Å². The van der Waals surface area contributed by atoms with Crippen LogP contribution in [0, 0.1) is 3.57 Å². The number of halogens is 3. The molecule has 7 heteroatoms. The molecule has 0 unspecified atom stereocenters. The second-order valence-corrected chi connectivity index (χ2v) is 6.16. The minimum absolute atomic E-state index is 0.333. The highest BCUT2D eigenvalue weighted by molar-refractivity contribution is 14.1. The first-order valence-corrected chi connectivity index (χ1v) is 7.97. The van der Waals surface area contributed by atoms with Gasteiger partial charge in [-0.25, -0.2) is 5.43 Å². The van der Waals surface area contributed by atoms with E-state index in [4.69, 9.17) is 27.9 Å². The molecule has 1 amide bonds. The highest BCUT2D eigenvalue weighted by atomic mass is 127. The van der Waals surface area contributed by atoms with Crippen molar-refractivity contribution in [1.29, 1.82) is 0 Å². The number of carbonyl (C=O) groups is 1. The van der Waals surface area contributed by atoms with Crippen LogP contribution in [0.2, 0.25) is 10.0 Å². The van der Waals surface area contributed by atoms with Gasteiger partial charge in [-0.15, -0.1) is 0 Å². The molecule has 0 bridgehead atoms. The predicted octanol–water partition coefficient (Wildman–Crippen LogP) is 4.37. The number of benzene rings is 2.